The lowest BCUT2D eigenvalue weighted by Gasteiger charge is -2.61. The quantitative estimate of drug-likeness (QED) is 0.196. The minimum atomic E-state index is -1.44. The number of para-hydroxylation sites is 1. The summed E-state index contributed by atoms with van der Waals surface area (Å²) in [4.78, 5) is 32.6. The van der Waals surface area contributed by atoms with Crippen LogP contribution < -0.4 is 24.3 Å². The summed E-state index contributed by atoms with van der Waals surface area (Å²) in [6.45, 7) is 5.83. The Hall–Kier alpha value is -4.47. The standard InChI is InChI=1S/C41H41N3O10S/c1-18-12-21-13-39(48)15-43(4)29(26(21)31(46)32(18)49-5)30-37-41(14-24(44(30)39)27-28(41)33(52-20(3)45)19(2)34-35(27)51-17-50-34)54-38(47)40(16-55-37)36-23(10-11-42-40)22-8-6-7-9-25(22)53-36/h6-9,12,24,29-30,37,42,46,48H,10-11,13-17H2,1-5H3/t24-,29?,30+,37-,39?,40+,41?/m0/s1. The number of rotatable bonds is 2. The van der Waals surface area contributed by atoms with Gasteiger partial charge in [-0.3, -0.25) is 19.9 Å². The minimum absolute atomic E-state index is 0.0342. The van der Waals surface area contributed by atoms with Crippen LogP contribution in [0, 0.1) is 13.8 Å². The van der Waals surface area contributed by atoms with Gasteiger partial charge in [-0.2, -0.15) is 0 Å². The summed E-state index contributed by atoms with van der Waals surface area (Å²) >= 11 is 1.59. The monoisotopic (exact) mass is 767 g/mol. The zero-order valence-corrected chi connectivity index (χ0v) is 31.9. The van der Waals surface area contributed by atoms with Crippen molar-refractivity contribution in [3.8, 4) is 28.7 Å². The van der Waals surface area contributed by atoms with Crippen LogP contribution in [-0.2, 0) is 38.3 Å². The second kappa shape index (κ2) is 11.1. The second-order valence-corrected chi connectivity index (χ2v) is 17.3. The van der Waals surface area contributed by atoms with Crippen molar-refractivity contribution in [3.05, 3.63) is 75.0 Å². The van der Waals surface area contributed by atoms with Crippen LogP contribution in [0.1, 0.15) is 70.1 Å². The van der Waals surface area contributed by atoms with Crippen LogP contribution in [0.5, 0.6) is 28.7 Å². The van der Waals surface area contributed by atoms with Crippen LogP contribution in [0.25, 0.3) is 11.0 Å². The van der Waals surface area contributed by atoms with Gasteiger partial charge in [-0.1, -0.05) is 24.3 Å². The Morgan fingerprint density at radius 2 is 1.93 bits per heavy atom. The van der Waals surface area contributed by atoms with Gasteiger partial charge in [0.15, 0.2) is 34.1 Å². The van der Waals surface area contributed by atoms with Gasteiger partial charge in [-0.05, 0) is 44.5 Å². The number of ether oxygens (including phenoxy) is 5. The van der Waals surface area contributed by atoms with Crippen LogP contribution >= 0.6 is 11.8 Å². The highest BCUT2D eigenvalue weighted by Gasteiger charge is 2.73. The van der Waals surface area contributed by atoms with Crippen LogP contribution in [0.2, 0.25) is 0 Å². The average molecular weight is 768 g/mol. The first-order chi connectivity index (χ1) is 26.4. The molecule has 3 aromatic carbocycles. The molecule has 8 aliphatic rings. The van der Waals surface area contributed by atoms with Gasteiger partial charge in [0.05, 0.1) is 18.4 Å². The number of fused-ring (bicyclic) bond motifs is 6. The third kappa shape index (κ3) is 4.08. The van der Waals surface area contributed by atoms with Gasteiger partial charge in [-0.15, -0.1) is 11.8 Å². The van der Waals surface area contributed by atoms with E-state index in [0.717, 1.165) is 22.1 Å². The van der Waals surface area contributed by atoms with E-state index in [9.17, 15) is 15.0 Å². The third-order valence-electron chi connectivity index (χ3n) is 13.3. The van der Waals surface area contributed by atoms with Gasteiger partial charge in [0.25, 0.3) is 0 Å². The molecule has 14 heteroatoms. The fraction of sp³-hybridized carbons (Fsp3) is 0.463. The summed E-state index contributed by atoms with van der Waals surface area (Å²) < 4.78 is 38.0. The van der Waals surface area contributed by atoms with Crippen LogP contribution in [0.4, 0.5) is 0 Å². The molecule has 2 spiro atoms. The molecule has 3 unspecified atom stereocenters. The largest absolute Gasteiger partial charge is 0.504 e. The number of carbonyl (C=O) groups is 2. The lowest BCUT2D eigenvalue weighted by Crippen LogP contribution is -2.72. The van der Waals surface area contributed by atoms with E-state index in [4.69, 9.17) is 28.1 Å². The Bertz CT molecular complexity index is 2420. The summed E-state index contributed by atoms with van der Waals surface area (Å²) in [6, 6.07) is 8.28. The van der Waals surface area contributed by atoms with Gasteiger partial charge in [-0.25, -0.2) is 4.79 Å². The first kappa shape index (κ1) is 33.8. The summed E-state index contributed by atoms with van der Waals surface area (Å²) in [7, 11) is 3.51. The highest BCUT2D eigenvalue weighted by atomic mass is 32.2. The lowest BCUT2D eigenvalue weighted by molar-refractivity contribution is -0.234. The number of hydrogen-bond acceptors (Lipinski definition) is 14. The molecule has 4 aromatic rings. The van der Waals surface area contributed by atoms with E-state index in [2.05, 4.69) is 15.1 Å². The number of furan rings is 1. The fourth-order valence-corrected chi connectivity index (χ4v) is 13.2. The van der Waals surface area contributed by atoms with Crippen LogP contribution in [-0.4, -0.2) is 88.8 Å². The maximum Gasteiger partial charge on any atom is 0.336 e. The molecule has 4 bridgehead atoms. The Morgan fingerprint density at radius 3 is 2.73 bits per heavy atom. The molecule has 55 heavy (non-hydrogen) atoms. The lowest BCUT2D eigenvalue weighted by atomic mass is 9.77. The number of esters is 2. The maximum absolute atomic E-state index is 15.4. The molecular formula is C41H41N3O10S. The molecule has 7 atom stereocenters. The number of nitrogens with zero attached hydrogens (tertiary/aromatic N) is 2. The number of piperidine rings is 1. The van der Waals surface area contributed by atoms with Gasteiger partial charge in [0, 0.05) is 83.9 Å². The molecule has 1 aliphatic carbocycles. The van der Waals surface area contributed by atoms with Crippen LogP contribution in [0.15, 0.2) is 34.7 Å². The Kier molecular flexibility index (Phi) is 6.83. The predicted octanol–water partition coefficient (Wildman–Crippen LogP) is 4.37. The second-order valence-electron chi connectivity index (χ2n) is 16.2. The molecule has 3 N–H and O–H groups in total. The summed E-state index contributed by atoms with van der Waals surface area (Å²) in [6.07, 6.45) is 1.17. The smallest absolute Gasteiger partial charge is 0.336 e. The number of piperazine rings is 1. The number of likely N-dealkylation sites (N-methyl/N-ethyl adjacent to an activating group) is 1. The van der Waals surface area contributed by atoms with Gasteiger partial charge >= 0.3 is 11.9 Å². The molecule has 0 radical (unpaired) electrons. The van der Waals surface area contributed by atoms with E-state index in [-0.39, 0.29) is 43.4 Å². The number of methoxy groups -OCH3 is 1. The van der Waals surface area contributed by atoms with Crippen molar-refractivity contribution >= 4 is 34.7 Å². The molecule has 0 amide bonds. The number of hydrogen-bond donors (Lipinski definition) is 3. The summed E-state index contributed by atoms with van der Waals surface area (Å²) in [5.41, 5.74) is 1.60. The fourth-order valence-electron chi connectivity index (χ4n) is 11.4. The van der Waals surface area contributed by atoms with E-state index >= 15 is 4.79 Å². The van der Waals surface area contributed by atoms with Crippen molar-refractivity contribution < 1.29 is 47.9 Å². The first-order valence-corrected chi connectivity index (χ1v) is 19.8. The maximum atomic E-state index is 15.4. The summed E-state index contributed by atoms with van der Waals surface area (Å²) in [5.74, 6) is 1.43. The SMILES string of the molecule is COc1c(C)cc2c(c1O)C1[C@@H]3[C@@H]4SC[C@]5(NCCc6c5oc5ccccc65)C(=O)OC45C[C@@H](c4c6c(c(C)c(OC(C)=O)c45)OCO6)N3C(O)(C2)CN1C. The average Bonchev–Trinajstić information content (AvgIpc) is 3.79. The van der Waals surface area contributed by atoms with E-state index in [1.807, 2.05) is 51.2 Å². The Balaban J connectivity index is 1.20. The highest BCUT2D eigenvalue weighted by Crippen LogP contribution is 2.71. The van der Waals surface area contributed by atoms with Crippen molar-refractivity contribution in [2.75, 3.05) is 39.8 Å². The molecule has 2 fully saturated rings. The number of aliphatic hydroxyl groups is 1. The number of carbonyl (C=O) groups excluding carboxylic acids is 2. The molecule has 12 rings (SSSR count). The number of thioether (sulfide) groups is 1. The number of aryl methyl sites for hydroxylation is 1. The number of phenolic OH excluding ortho intramolecular Hbond substituents is 1. The van der Waals surface area contributed by atoms with E-state index < -0.39 is 52.2 Å². The van der Waals surface area contributed by atoms with Crippen molar-refractivity contribution in [3.63, 3.8) is 0 Å². The number of nitrogens with one attached hydrogen (secondary N) is 1. The number of phenols is 1. The molecule has 2 saturated heterocycles. The minimum Gasteiger partial charge on any atom is -0.504 e. The van der Waals surface area contributed by atoms with Gasteiger partial charge in [0.2, 0.25) is 6.79 Å². The number of aromatic hydroxyl groups is 1. The molecule has 7 aliphatic heterocycles. The van der Waals surface area contributed by atoms with E-state index in [0.29, 0.717) is 63.8 Å². The first-order valence-electron chi connectivity index (χ1n) is 18.8. The summed E-state index contributed by atoms with van der Waals surface area (Å²) in [5, 5.41) is 29.3. The zero-order chi connectivity index (χ0) is 37.9. The normalized spacial score (nSPS) is 32.6. The van der Waals surface area contributed by atoms with Crippen LogP contribution in [0.3, 0.4) is 0 Å². The predicted molar refractivity (Wildman–Crippen MR) is 199 cm³/mol. The number of benzene rings is 3. The van der Waals surface area contributed by atoms with E-state index in [1.165, 1.54) is 6.92 Å². The Morgan fingerprint density at radius 1 is 1.13 bits per heavy atom. The molecule has 8 heterocycles. The van der Waals surface area contributed by atoms with Crippen molar-refractivity contribution in [2.45, 2.75) is 80.3 Å². The molecule has 1 aromatic heterocycles. The van der Waals surface area contributed by atoms with Crippen molar-refractivity contribution in [2.24, 2.45) is 0 Å². The molecule has 0 saturated carbocycles. The van der Waals surface area contributed by atoms with Gasteiger partial charge in [0.1, 0.15) is 22.8 Å². The van der Waals surface area contributed by atoms with E-state index in [1.54, 1.807) is 18.9 Å². The Labute approximate surface area is 320 Å². The highest BCUT2D eigenvalue weighted by molar-refractivity contribution is 8.00. The molecule has 13 nitrogen and oxygen atoms in total. The zero-order valence-electron chi connectivity index (χ0n) is 31.1. The third-order valence-corrected chi connectivity index (χ3v) is 14.9. The molecular weight excluding hydrogens is 727 g/mol. The van der Waals surface area contributed by atoms with Crippen molar-refractivity contribution in [1.82, 2.24) is 15.1 Å². The van der Waals surface area contributed by atoms with Gasteiger partial charge < -0.3 is 38.3 Å². The topological polar surface area (TPSA) is 152 Å². The molecule has 286 valence electrons. The van der Waals surface area contributed by atoms with Crippen molar-refractivity contribution in [1.29, 1.82) is 0 Å².